The van der Waals surface area contributed by atoms with Crippen LogP contribution >= 0.6 is 0 Å². The molecule has 1 aromatic rings. The van der Waals surface area contributed by atoms with Gasteiger partial charge in [0.15, 0.2) is 5.82 Å². The fraction of sp³-hybridized carbons (Fsp3) is 0.727. The van der Waals surface area contributed by atoms with Crippen LogP contribution in [0.3, 0.4) is 0 Å². The van der Waals surface area contributed by atoms with Crippen molar-refractivity contribution >= 4 is 5.97 Å². The maximum Gasteiger partial charge on any atom is 0.305 e. The standard InChI is InChI=1S/C11H15N3O2/c15-10(16)6-8-2-1-3-9-12-11(7-4-5-7)13-14(8)9/h7-8H,1-6H2,(H,15,16). The van der Waals surface area contributed by atoms with E-state index in [-0.39, 0.29) is 12.5 Å². The van der Waals surface area contributed by atoms with Crippen LogP contribution in [-0.2, 0) is 11.2 Å². The maximum atomic E-state index is 10.8. The summed E-state index contributed by atoms with van der Waals surface area (Å²) in [6.07, 6.45) is 5.42. The van der Waals surface area contributed by atoms with Gasteiger partial charge in [-0.15, -0.1) is 0 Å². The van der Waals surface area contributed by atoms with Gasteiger partial charge in [0.1, 0.15) is 5.82 Å². The summed E-state index contributed by atoms with van der Waals surface area (Å²) in [6.45, 7) is 0. The highest BCUT2D eigenvalue weighted by Gasteiger charge is 2.31. The third-order valence-electron chi connectivity index (χ3n) is 3.35. The monoisotopic (exact) mass is 221 g/mol. The molecule has 0 aromatic carbocycles. The molecule has 1 atom stereocenters. The molecular formula is C11H15N3O2. The van der Waals surface area contributed by atoms with Gasteiger partial charge in [0, 0.05) is 12.3 Å². The summed E-state index contributed by atoms with van der Waals surface area (Å²) >= 11 is 0. The molecule has 0 radical (unpaired) electrons. The number of hydrogen-bond acceptors (Lipinski definition) is 3. The topological polar surface area (TPSA) is 68.0 Å². The average molecular weight is 221 g/mol. The highest BCUT2D eigenvalue weighted by atomic mass is 16.4. The normalized spacial score (nSPS) is 24.1. The molecular weight excluding hydrogens is 206 g/mol. The van der Waals surface area contributed by atoms with Crippen molar-refractivity contribution in [3.8, 4) is 0 Å². The van der Waals surface area contributed by atoms with Gasteiger partial charge in [0.05, 0.1) is 12.5 Å². The van der Waals surface area contributed by atoms with Gasteiger partial charge in [-0.3, -0.25) is 4.79 Å². The van der Waals surface area contributed by atoms with Gasteiger partial charge in [-0.2, -0.15) is 5.10 Å². The molecule has 2 heterocycles. The molecule has 1 N–H and O–H groups in total. The molecule has 5 nitrogen and oxygen atoms in total. The van der Waals surface area contributed by atoms with Gasteiger partial charge in [0.25, 0.3) is 0 Å². The second-order valence-electron chi connectivity index (χ2n) is 4.75. The minimum atomic E-state index is -0.749. The van der Waals surface area contributed by atoms with E-state index in [2.05, 4.69) is 10.1 Å². The molecule has 86 valence electrons. The number of rotatable bonds is 3. The van der Waals surface area contributed by atoms with Crippen LogP contribution in [0, 0.1) is 0 Å². The second-order valence-corrected chi connectivity index (χ2v) is 4.75. The van der Waals surface area contributed by atoms with E-state index in [1.54, 1.807) is 0 Å². The molecule has 1 unspecified atom stereocenters. The number of fused-ring (bicyclic) bond motifs is 1. The first kappa shape index (κ1) is 9.81. The molecule has 0 saturated heterocycles. The molecule has 0 amide bonds. The van der Waals surface area contributed by atoms with E-state index in [0.717, 1.165) is 30.9 Å². The van der Waals surface area contributed by atoms with E-state index in [4.69, 9.17) is 5.11 Å². The van der Waals surface area contributed by atoms with E-state index in [9.17, 15) is 4.79 Å². The Morgan fingerprint density at radius 2 is 2.25 bits per heavy atom. The molecule has 3 rings (SSSR count). The molecule has 1 aliphatic carbocycles. The molecule has 1 aliphatic heterocycles. The summed E-state index contributed by atoms with van der Waals surface area (Å²) in [5, 5.41) is 13.3. The van der Waals surface area contributed by atoms with Crippen LogP contribution in [0.2, 0.25) is 0 Å². The predicted molar refractivity (Wildman–Crippen MR) is 56.2 cm³/mol. The molecule has 1 fully saturated rings. The highest BCUT2D eigenvalue weighted by molar-refractivity contribution is 5.67. The van der Waals surface area contributed by atoms with E-state index < -0.39 is 5.97 Å². The fourth-order valence-electron chi connectivity index (χ4n) is 2.36. The highest BCUT2D eigenvalue weighted by Crippen LogP contribution is 2.39. The van der Waals surface area contributed by atoms with Crippen LogP contribution in [0.5, 0.6) is 0 Å². The largest absolute Gasteiger partial charge is 0.481 e. The molecule has 0 spiro atoms. The Morgan fingerprint density at radius 3 is 2.94 bits per heavy atom. The number of aryl methyl sites for hydroxylation is 1. The van der Waals surface area contributed by atoms with E-state index >= 15 is 0 Å². The minimum absolute atomic E-state index is 0.0150. The van der Waals surface area contributed by atoms with Crippen molar-refractivity contribution < 1.29 is 9.90 Å². The first-order chi connectivity index (χ1) is 7.74. The van der Waals surface area contributed by atoms with Crippen LogP contribution in [0.1, 0.15) is 55.7 Å². The third kappa shape index (κ3) is 1.70. The molecule has 0 bridgehead atoms. The number of nitrogens with zero attached hydrogens (tertiary/aromatic N) is 3. The first-order valence-corrected chi connectivity index (χ1v) is 5.91. The van der Waals surface area contributed by atoms with Crippen molar-refractivity contribution in [2.75, 3.05) is 0 Å². The quantitative estimate of drug-likeness (QED) is 0.840. The summed E-state index contributed by atoms with van der Waals surface area (Å²) < 4.78 is 1.87. The SMILES string of the molecule is O=C(O)CC1CCCc2nc(C3CC3)nn21. The number of hydrogen-bond donors (Lipinski definition) is 1. The van der Waals surface area contributed by atoms with Crippen molar-refractivity contribution in [2.24, 2.45) is 0 Å². The Bertz CT molecular complexity index is 423. The summed E-state index contributed by atoms with van der Waals surface area (Å²) in [5.41, 5.74) is 0. The molecule has 2 aliphatic rings. The number of carboxylic acids is 1. The molecule has 5 heteroatoms. The van der Waals surface area contributed by atoms with Crippen molar-refractivity contribution in [1.82, 2.24) is 14.8 Å². The van der Waals surface area contributed by atoms with Crippen LogP contribution in [0.15, 0.2) is 0 Å². The van der Waals surface area contributed by atoms with Gasteiger partial charge in [0.2, 0.25) is 0 Å². The Kier molecular flexibility index (Phi) is 2.19. The first-order valence-electron chi connectivity index (χ1n) is 5.91. The van der Waals surface area contributed by atoms with Crippen molar-refractivity contribution in [3.05, 3.63) is 11.6 Å². The molecule has 16 heavy (non-hydrogen) atoms. The van der Waals surface area contributed by atoms with E-state index in [1.165, 1.54) is 12.8 Å². The minimum Gasteiger partial charge on any atom is -0.481 e. The lowest BCUT2D eigenvalue weighted by molar-refractivity contribution is -0.138. The van der Waals surface area contributed by atoms with Crippen molar-refractivity contribution in [2.45, 2.75) is 50.5 Å². The number of carboxylic acid groups (broad SMARTS) is 1. The summed E-state index contributed by atoms with van der Waals surface area (Å²) in [4.78, 5) is 15.3. The van der Waals surface area contributed by atoms with Crippen LogP contribution in [0.4, 0.5) is 0 Å². The van der Waals surface area contributed by atoms with Gasteiger partial charge in [-0.05, 0) is 25.7 Å². The number of aromatic nitrogens is 3. The zero-order valence-electron chi connectivity index (χ0n) is 9.09. The maximum absolute atomic E-state index is 10.8. The fourth-order valence-corrected chi connectivity index (χ4v) is 2.36. The Labute approximate surface area is 93.5 Å². The number of carbonyl (C=O) groups is 1. The third-order valence-corrected chi connectivity index (χ3v) is 3.35. The van der Waals surface area contributed by atoms with Crippen LogP contribution in [-0.4, -0.2) is 25.8 Å². The zero-order chi connectivity index (χ0) is 11.1. The van der Waals surface area contributed by atoms with Crippen molar-refractivity contribution in [3.63, 3.8) is 0 Å². The summed E-state index contributed by atoms with van der Waals surface area (Å²) in [6, 6.07) is 0.0150. The van der Waals surface area contributed by atoms with Gasteiger partial charge in [-0.1, -0.05) is 0 Å². The van der Waals surface area contributed by atoms with Gasteiger partial charge < -0.3 is 5.11 Å². The van der Waals surface area contributed by atoms with Crippen LogP contribution in [0.25, 0.3) is 0 Å². The lowest BCUT2D eigenvalue weighted by Crippen LogP contribution is -2.21. The second kappa shape index (κ2) is 3.57. The smallest absolute Gasteiger partial charge is 0.305 e. The average Bonchev–Trinajstić information content (AvgIpc) is 2.98. The Morgan fingerprint density at radius 1 is 1.44 bits per heavy atom. The van der Waals surface area contributed by atoms with E-state index in [1.807, 2.05) is 4.68 Å². The zero-order valence-corrected chi connectivity index (χ0v) is 9.09. The lowest BCUT2D eigenvalue weighted by atomic mass is 10.0. The Balaban J connectivity index is 1.88. The predicted octanol–water partition coefficient (Wildman–Crippen LogP) is 1.51. The molecule has 1 saturated carbocycles. The summed E-state index contributed by atoms with van der Waals surface area (Å²) in [5.74, 6) is 1.72. The molecule has 1 aromatic heterocycles. The van der Waals surface area contributed by atoms with E-state index in [0.29, 0.717) is 5.92 Å². The lowest BCUT2D eigenvalue weighted by Gasteiger charge is -2.21. The van der Waals surface area contributed by atoms with Gasteiger partial charge >= 0.3 is 5.97 Å². The van der Waals surface area contributed by atoms with Crippen LogP contribution < -0.4 is 0 Å². The van der Waals surface area contributed by atoms with Gasteiger partial charge in [-0.25, -0.2) is 9.67 Å². The van der Waals surface area contributed by atoms with Crippen molar-refractivity contribution in [1.29, 1.82) is 0 Å². The summed E-state index contributed by atoms with van der Waals surface area (Å²) in [7, 11) is 0. The number of aliphatic carboxylic acids is 1. The Hall–Kier alpha value is -1.39.